The number of nitrogens with one attached hydrogen (secondary N) is 2. The molecular weight excluding hydrogens is 474 g/mol. The molecule has 5 rings (SSSR count). The number of fused-ring (bicyclic) bond motifs is 1. The minimum absolute atomic E-state index is 0.0465. The topological polar surface area (TPSA) is 99.9 Å². The number of benzene rings is 2. The fourth-order valence-electron chi connectivity index (χ4n) is 5.23. The van der Waals surface area contributed by atoms with E-state index in [0.717, 1.165) is 40.7 Å². The predicted octanol–water partition coefficient (Wildman–Crippen LogP) is 4.18. The molecule has 4 N–H and O–H groups in total. The van der Waals surface area contributed by atoms with Crippen LogP contribution in [0.4, 0.5) is 8.78 Å². The highest BCUT2D eigenvalue weighted by Gasteiger charge is 2.29. The van der Waals surface area contributed by atoms with Gasteiger partial charge >= 0.3 is 0 Å². The van der Waals surface area contributed by atoms with E-state index in [2.05, 4.69) is 20.5 Å². The SMILES string of the molecule is Cc1cc(-c2n[nH]c3ccc(C(=O)N[C@@H]4CC(CCN)CN(Cc5c(F)cccc5F)C4)cc23)ccn1. The zero-order valence-electron chi connectivity index (χ0n) is 20.7. The number of likely N-dealkylation sites (tertiary alicyclic amines) is 1. The molecule has 4 aromatic rings. The number of hydrogen-bond acceptors (Lipinski definition) is 5. The molecule has 1 aliphatic heterocycles. The van der Waals surface area contributed by atoms with E-state index in [1.165, 1.54) is 18.2 Å². The Balaban J connectivity index is 1.35. The first-order valence-corrected chi connectivity index (χ1v) is 12.5. The van der Waals surface area contributed by atoms with E-state index in [1.807, 2.05) is 36.1 Å². The Hall–Kier alpha value is -3.69. The number of aromatic nitrogens is 3. The minimum Gasteiger partial charge on any atom is -0.348 e. The standard InChI is InChI=1S/C28H30F2N6O/c1-17-11-19(8-10-32-17)27-22-13-20(5-6-26(22)34-35-27)28(37)33-21-12-18(7-9-31)14-36(15-21)16-23-24(29)3-2-4-25(23)30/h2-6,8,10-11,13,18,21H,7,9,12,14-16,31H2,1H3,(H,33,37)(H,34,35)/t18?,21-/m1/s1. The van der Waals surface area contributed by atoms with Gasteiger partial charge in [0.2, 0.25) is 0 Å². The molecule has 2 atom stereocenters. The maximum atomic E-state index is 14.3. The van der Waals surface area contributed by atoms with E-state index >= 15 is 0 Å². The van der Waals surface area contributed by atoms with Crippen LogP contribution in [0.1, 0.15) is 34.5 Å². The van der Waals surface area contributed by atoms with Crippen molar-refractivity contribution in [2.75, 3.05) is 19.6 Å². The molecule has 2 aromatic carbocycles. The summed E-state index contributed by atoms with van der Waals surface area (Å²) in [6.07, 6.45) is 3.27. The van der Waals surface area contributed by atoms with Crippen LogP contribution in [-0.4, -0.2) is 51.7 Å². The second-order valence-electron chi connectivity index (χ2n) is 9.76. The van der Waals surface area contributed by atoms with Gasteiger partial charge in [-0.05, 0) is 74.7 Å². The van der Waals surface area contributed by atoms with Gasteiger partial charge < -0.3 is 11.1 Å². The van der Waals surface area contributed by atoms with Crippen molar-refractivity contribution in [2.24, 2.45) is 11.7 Å². The Morgan fingerprint density at radius 3 is 2.73 bits per heavy atom. The van der Waals surface area contributed by atoms with Crippen LogP contribution in [0.25, 0.3) is 22.2 Å². The third-order valence-corrected chi connectivity index (χ3v) is 6.96. The van der Waals surface area contributed by atoms with Crippen molar-refractivity contribution in [3.8, 4) is 11.3 Å². The molecule has 0 spiro atoms. The van der Waals surface area contributed by atoms with Gasteiger partial charge in [0.25, 0.3) is 5.91 Å². The quantitative estimate of drug-likeness (QED) is 0.351. The number of aromatic amines is 1. The molecule has 2 aromatic heterocycles. The van der Waals surface area contributed by atoms with Crippen LogP contribution in [0, 0.1) is 24.5 Å². The molecule has 0 aliphatic carbocycles. The van der Waals surface area contributed by atoms with Crippen LogP contribution in [-0.2, 0) is 6.54 Å². The molecule has 37 heavy (non-hydrogen) atoms. The van der Waals surface area contributed by atoms with Crippen molar-refractivity contribution in [3.05, 3.63) is 83.2 Å². The third kappa shape index (κ3) is 5.52. The summed E-state index contributed by atoms with van der Waals surface area (Å²) in [5.74, 6) is -1.10. The summed E-state index contributed by atoms with van der Waals surface area (Å²) < 4.78 is 28.6. The molecule has 1 amide bonds. The number of pyridine rings is 1. The van der Waals surface area contributed by atoms with Gasteiger partial charge in [-0.15, -0.1) is 0 Å². The summed E-state index contributed by atoms with van der Waals surface area (Å²) >= 11 is 0. The van der Waals surface area contributed by atoms with Gasteiger partial charge in [0.05, 0.1) is 5.52 Å². The first-order chi connectivity index (χ1) is 17.9. The highest BCUT2D eigenvalue weighted by atomic mass is 19.1. The van der Waals surface area contributed by atoms with Crippen molar-refractivity contribution >= 4 is 16.8 Å². The number of hydrogen-bond donors (Lipinski definition) is 3. The van der Waals surface area contributed by atoms with Crippen LogP contribution in [0.2, 0.25) is 0 Å². The van der Waals surface area contributed by atoms with Crippen LogP contribution >= 0.6 is 0 Å². The summed E-state index contributed by atoms with van der Waals surface area (Å²) in [6, 6.07) is 13.0. The van der Waals surface area contributed by atoms with E-state index in [4.69, 9.17) is 5.73 Å². The van der Waals surface area contributed by atoms with Crippen molar-refractivity contribution in [2.45, 2.75) is 32.4 Å². The highest BCUT2D eigenvalue weighted by Crippen LogP contribution is 2.28. The second kappa shape index (κ2) is 10.7. The average Bonchev–Trinajstić information content (AvgIpc) is 3.30. The van der Waals surface area contributed by atoms with Crippen LogP contribution in [0.3, 0.4) is 0 Å². The molecular formula is C28H30F2N6O. The Labute approximate surface area is 214 Å². The molecule has 192 valence electrons. The van der Waals surface area contributed by atoms with E-state index in [1.54, 1.807) is 12.3 Å². The van der Waals surface area contributed by atoms with Crippen LogP contribution < -0.4 is 11.1 Å². The summed E-state index contributed by atoms with van der Waals surface area (Å²) in [5, 5.41) is 11.5. The lowest BCUT2D eigenvalue weighted by Crippen LogP contribution is -2.50. The summed E-state index contributed by atoms with van der Waals surface area (Å²) in [5.41, 5.74) is 9.78. The Bertz CT molecular complexity index is 1400. The Kier molecular flexibility index (Phi) is 7.25. The normalized spacial score (nSPS) is 18.3. The van der Waals surface area contributed by atoms with Gasteiger partial charge in [-0.25, -0.2) is 8.78 Å². The molecule has 7 nitrogen and oxygen atoms in total. The number of aryl methyl sites for hydroxylation is 1. The highest BCUT2D eigenvalue weighted by molar-refractivity contribution is 6.01. The molecule has 0 saturated carbocycles. The maximum Gasteiger partial charge on any atom is 0.251 e. The first kappa shape index (κ1) is 25.0. The molecule has 1 fully saturated rings. The van der Waals surface area contributed by atoms with Crippen LogP contribution in [0.15, 0.2) is 54.7 Å². The summed E-state index contributed by atoms with van der Waals surface area (Å²) in [7, 11) is 0. The number of halogens is 2. The van der Waals surface area contributed by atoms with Crippen molar-refractivity contribution in [1.29, 1.82) is 0 Å². The molecule has 1 saturated heterocycles. The number of H-pyrrole nitrogens is 1. The molecule has 1 aliphatic rings. The van der Waals surface area contributed by atoms with E-state index in [9.17, 15) is 13.6 Å². The first-order valence-electron chi connectivity index (χ1n) is 12.5. The van der Waals surface area contributed by atoms with Gasteiger partial charge in [0.1, 0.15) is 17.3 Å². The average molecular weight is 505 g/mol. The van der Waals surface area contributed by atoms with Gasteiger partial charge in [-0.3, -0.25) is 19.8 Å². The molecule has 9 heteroatoms. The lowest BCUT2D eigenvalue weighted by molar-refractivity contribution is 0.0852. The monoisotopic (exact) mass is 504 g/mol. The molecule has 0 radical (unpaired) electrons. The number of nitrogens with zero attached hydrogens (tertiary/aromatic N) is 3. The zero-order chi connectivity index (χ0) is 25.9. The lowest BCUT2D eigenvalue weighted by Gasteiger charge is -2.38. The third-order valence-electron chi connectivity index (χ3n) is 6.96. The Morgan fingerprint density at radius 2 is 1.97 bits per heavy atom. The van der Waals surface area contributed by atoms with Gasteiger partial charge in [-0.2, -0.15) is 5.10 Å². The minimum atomic E-state index is -0.560. The van der Waals surface area contributed by atoms with Crippen molar-refractivity contribution in [1.82, 2.24) is 25.4 Å². The fourth-order valence-corrected chi connectivity index (χ4v) is 5.23. The van der Waals surface area contributed by atoms with Gasteiger partial charge in [-0.1, -0.05) is 6.07 Å². The number of carbonyl (C=O) groups is 1. The predicted molar refractivity (Wildman–Crippen MR) is 139 cm³/mol. The maximum absolute atomic E-state index is 14.3. The zero-order valence-corrected chi connectivity index (χ0v) is 20.7. The van der Waals surface area contributed by atoms with Crippen molar-refractivity contribution in [3.63, 3.8) is 0 Å². The van der Waals surface area contributed by atoms with Crippen molar-refractivity contribution < 1.29 is 13.6 Å². The second-order valence-corrected chi connectivity index (χ2v) is 9.76. The number of nitrogens with two attached hydrogens (primary N) is 1. The number of rotatable bonds is 7. The molecule has 3 heterocycles. The van der Waals surface area contributed by atoms with E-state index < -0.39 is 11.6 Å². The van der Waals surface area contributed by atoms with Gasteiger partial charge in [0, 0.05) is 59.6 Å². The van der Waals surface area contributed by atoms with Crippen LogP contribution in [0.5, 0.6) is 0 Å². The number of amides is 1. The number of carbonyl (C=O) groups excluding carboxylic acids is 1. The summed E-state index contributed by atoms with van der Waals surface area (Å²) in [4.78, 5) is 19.5. The van der Waals surface area contributed by atoms with Gasteiger partial charge in [0.15, 0.2) is 0 Å². The van der Waals surface area contributed by atoms with E-state index in [0.29, 0.717) is 25.2 Å². The molecule has 1 unspecified atom stereocenters. The fraction of sp³-hybridized carbons (Fsp3) is 0.321. The summed E-state index contributed by atoms with van der Waals surface area (Å²) in [6.45, 7) is 3.75. The lowest BCUT2D eigenvalue weighted by atomic mass is 9.91. The largest absolute Gasteiger partial charge is 0.348 e. The van der Waals surface area contributed by atoms with E-state index in [-0.39, 0.29) is 30.0 Å². The Morgan fingerprint density at radius 1 is 1.16 bits per heavy atom. The molecule has 0 bridgehead atoms. The number of piperidine rings is 1. The smallest absolute Gasteiger partial charge is 0.251 e.